The average Bonchev–Trinajstić information content (AvgIpc) is 3.62. The fourth-order valence-corrected chi connectivity index (χ4v) is 8.28. The normalized spacial score (nSPS) is 16.5. The molecule has 298 valence electrons. The molecule has 2 aromatic carbocycles. The van der Waals surface area contributed by atoms with Gasteiger partial charge in [-0.1, -0.05) is 25.5 Å². The molecule has 0 aliphatic carbocycles. The number of aromatic nitrogens is 4. The summed E-state index contributed by atoms with van der Waals surface area (Å²) in [5, 5.41) is 10.7. The Morgan fingerprint density at radius 3 is 2.49 bits per heavy atom. The van der Waals surface area contributed by atoms with Gasteiger partial charge in [0.15, 0.2) is 0 Å². The number of benzene rings is 2. The number of hydrogen-bond donors (Lipinski definition) is 3. The van der Waals surface area contributed by atoms with Crippen molar-refractivity contribution < 1.29 is 18.8 Å². The van der Waals surface area contributed by atoms with Gasteiger partial charge in [0.1, 0.15) is 11.6 Å². The Labute approximate surface area is 331 Å². The van der Waals surface area contributed by atoms with Crippen LogP contribution in [0.25, 0.3) is 22.0 Å². The van der Waals surface area contributed by atoms with Crippen molar-refractivity contribution in [2.45, 2.75) is 97.3 Å². The van der Waals surface area contributed by atoms with Crippen LogP contribution >= 0.6 is 0 Å². The van der Waals surface area contributed by atoms with E-state index in [1.165, 1.54) is 6.07 Å². The molecule has 57 heavy (non-hydrogen) atoms. The van der Waals surface area contributed by atoms with Crippen LogP contribution in [0.1, 0.15) is 103 Å². The maximum atomic E-state index is 15.1. The predicted molar refractivity (Wildman–Crippen MR) is 219 cm³/mol. The minimum Gasteiger partial charge on any atom is -0.357 e. The first-order valence-electron chi connectivity index (χ1n) is 19.9. The van der Waals surface area contributed by atoms with Crippen LogP contribution in [0.5, 0.6) is 0 Å². The van der Waals surface area contributed by atoms with Crippen LogP contribution in [0.4, 0.5) is 10.2 Å². The molecule has 3 aromatic heterocycles. The summed E-state index contributed by atoms with van der Waals surface area (Å²) in [5.74, 6) is -1.21. The highest BCUT2D eigenvalue weighted by Crippen LogP contribution is 2.32. The lowest BCUT2D eigenvalue weighted by Gasteiger charge is -2.37. The number of rotatable bonds is 12. The Bertz CT molecular complexity index is 2360. The van der Waals surface area contributed by atoms with E-state index in [4.69, 9.17) is 4.98 Å². The molecular formula is C44H51FN8O4. The van der Waals surface area contributed by atoms with E-state index < -0.39 is 17.6 Å². The Morgan fingerprint density at radius 2 is 1.81 bits per heavy atom. The van der Waals surface area contributed by atoms with Gasteiger partial charge >= 0.3 is 0 Å². The number of imide groups is 1. The van der Waals surface area contributed by atoms with E-state index in [-0.39, 0.29) is 36.4 Å². The van der Waals surface area contributed by atoms with Crippen molar-refractivity contribution in [3.05, 3.63) is 111 Å². The predicted octanol–water partition coefficient (Wildman–Crippen LogP) is 6.32. The van der Waals surface area contributed by atoms with Gasteiger partial charge in [0.05, 0.1) is 23.2 Å². The molecular weight excluding hydrogens is 724 g/mol. The number of nitrogens with zero attached hydrogens (tertiary/aromatic N) is 5. The largest absolute Gasteiger partial charge is 0.357 e. The van der Waals surface area contributed by atoms with Gasteiger partial charge in [-0.3, -0.25) is 34.1 Å². The van der Waals surface area contributed by atoms with Crippen LogP contribution in [-0.2, 0) is 29.1 Å². The first-order valence-corrected chi connectivity index (χ1v) is 19.9. The molecule has 3 amide bonds. The Balaban J connectivity index is 1.02. The fourth-order valence-electron chi connectivity index (χ4n) is 8.28. The highest BCUT2D eigenvalue weighted by Gasteiger charge is 2.30. The van der Waals surface area contributed by atoms with E-state index >= 15 is 4.39 Å². The number of H-pyrrole nitrogens is 1. The third-order valence-corrected chi connectivity index (χ3v) is 11.4. The first-order chi connectivity index (χ1) is 27.4. The standard InChI is InChI=1S/C44H51FN8O4/c1-6-7-29-18-27(4)49-44(57)36(29)23-47-42(55)35-20-31(21-39-37(35)24-48-53(39)26(2)3)30-9-12-40(46-22-30)52-16-14-32(15-17-52)51(5)25-28-8-10-33(38(45)19-28)34-11-13-41(54)50-43(34)56/h8-10,12,18-22,24,26,32,34H,6-7,11,13-17,23,25H2,1-5H3,(H,47,55)(H,49,57)(H,50,54,56). The van der Waals surface area contributed by atoms with Crippen LogP contribution in [0, 0.1) is 12.7 Å². The van der Waals surface area contributed by atoms with Gasteiger partial charge in [-0.25, -0.2) is 9.37 Å². The summed E-state index contributed by atoms with van der Waals surface area (Å²) in [6, 6.07) is 15.4. The lowest BCUT2D eigenvalue weighted by Crippen LogP contribution is -2.43. The molecule has 1 unspecified atom stereocenters. The number of anilines is 1. The number of hydrogen-bond acceptors (Lipinski definition) is 8. The number of piperidine rings is 2. The summed E-state index contributed by atoms with van der Waals surface area (Å²) < 4.78 is 17.1. The topological polar surface area (TPSA) is 145 Å². The Hall–Kier alpha value is -5.69. The number of carbonyl (C=O) groups is 3. The van der Waals surface area contributed by atoms with Crippen molar-refractivity contribution in [1.82, 2.24) is 35.3 Å². The number of carbonyl (C=O) groups excluding carboxylic acids is 3. The molecule has 2 saturated heterocycles. The molecule has 1 atom stereocenters. The minimum absolute atomic E-state index is 0.0746. The zero-order chi connectivity index (χ0) is 40.4. The Morgan fingerprint density at radius 1 is 1.02 bits per heavy atom. The van der Waals surface area contributed by atoms with E-state index in [2.05, 4.69) is 64.4 Å². The summed E-state index contributed by atoms with van der Waals surface area (Å²) in [6.07, 6.45) is 7.58. The lowest BCUT2D eigenvalue weighted by atomic mass is 9.89. The second kappa shape index (κ2) is 16.8. The molecule has 5 aromatic rings. The van der Waals surface area contributed by atoms with E-state index in [0.717, 1.165) is 83.4 Å². The number of pyridine rings is 2. The molecule has 0 saturated carbocycles. The van der Waals surface area contributed by atoms with Gasteiger partial charge in [-0.2, -0.15) is 5.10 Å². The first kappa shape index (κ1) is 39.5. The van der Waals surface area contributed by atoms with Gasteiger partial charge < -0.3 is 15.2 Å². The highest BCUT2D eigenvalue weighted by atomic mass is 19.1. The molecule has 3 N–H and O–H groups in total. The molecule has 5 heterocycles. The summed E-state index contributed by atoms with van der Waals surface area (Å²) in [7, 11) is 2.06. The van der Waals surface area contributed by atoms with Gasteiger partial charge in [0.2, 0.25) is 11.8 Å². The van der Waals surface area contributed by atoms with Gasteiger partial charge in [0, 0.05) is 78.7 Å². The monoisotopic (exact) mass is 774 g/mol. The van der Waals surface area contributed by atoms with Crippen molar-refractivity contribution in [2.75, 3.05) is 25.0 Å². The van der Waals surface area contributed by atoms with Crippen molar-refractivity contribution in [3.8, 4) is 11.1 Å². The quantitative estimate of drug-likeness (QED) is 0.125. The number of fused-ring (bicyclic) bond motifs is 1. The van der Waals surface area contributed by atoms with Gasteiger partial charge in [0.25, 0.3) is 11.5 Å². The molecule has 2 fully saturated rings. The van der Waals surface area contributed by atoms with Crippen LogP contribution in [0.15, 0.2) is 65.7 Å². The molecule has 0 bridgehead atoms. The highest BCUT2D eigenvalue weighted by molar-refractivity contribution is 6.08. The average molecular weight is 775 g/mol. The number of halogens is 1. The molecule has 13 heteroatoms. The molecule has 7 rings (SSSR count). The van der Waals surface area contributed by atoms with E-state index in [1.54, 1.807) is 12.3 Å². The smallest absolute Gasteiger partial charge is 0.253 e. The van der Waals surface area contributed by atoms with Crippen LogP contribution in [-0.4, -0.2) is 68.5 Å². The van der Waals surface area contributed by atoms with E-state index in [1.807, 2.05) is 48.1 Å². The zero-order valence-corrected chi connectivity index (χ0v) is 33.3. The summed E-state index contributed by atoms with van der Waals surface area (Å²) in [4.78, 5) is 62.8. The van der Waals surface area contributed by atoms with Gasteiger partial charge in [-0.05, 0) is 107 Å². The van der Waals surface area contributed by atoms with Crippen molar-refractivity contribution in [3.63, 3.8) is 0 Å². The number of nitrogens with one attached hydrogen (secondary N) is 3. The maximum Gasteiger partial charge on any atom is 0.253 e. The van der Waals surface area contributed by atoms with Crippen LogP contribution in [0.3, 0.4) is 0 Å². The second-order valence-corrected chi connectivity index (χ2v) is 15.8. The third kappa shape index (κ3) is 8.53. The third-order valence-electron chi connectivity index (χ3n) is 11.4. The van der Waals surface area contributed by atoms with E-state index in [0.29, 0.717) is 35.7 Å². The van der Waals surface area contributed by atoms with Crippen molar-refractivity contribution >= 4 is 34.4 Å². The lowest BCUT2D eigenvalue weighted by molar-refractivity contribution is -0.134. The SMILES string of the molecule is CCCc1cc(C)[nH]c(=O)c1CNC(=O)c1cc(-c2ccc(N3CCC(N(C)Cc4ccc(C5CCC(=O)NC5=O)c(F)c4)CC3)nc2)cc2c1cnn2C(C)C. The summed E-state index contributed by atoms with van der Waals surface area (Å²) in [6.45, 7) is 10.4. The molecule has 0 spiro atoms. The molecule has 2 aliphatic heterocycles. The second-order valence-electron chi connectivity index (χ2n) is 15.8. The van der Waals surface area contributed by atoms with Crippen molar-refractivity contribution in [1.29, 1.82) is 0 Å². The molecule has 12 nitrogen and oxygen atoms in total. The van der Waals surface area contributed by atoms with E-state index in [9.17, 15) is 19.2 Å². The number of amides is 3. The van der Waals surface area contributed by atoms with Gasteiger partial charge in [-0.15, -0.1) is 0 Å². The zero-order valence-electron chi connectivity index (χ0n) is 33.3. The minimum atomic E-state index is -0.647. The fraction of sp³-hybridized carbons (Fsp3) is 0.409. The number of aromatic amines is 1. The van der Waals surface area contributed by atoms with Crippen molar-refractivity contribution in [2.24, 2.45) is 0 Å². The Kier molecular flexibility index (Phi) is 11.7. The van der Waals surface area contributed by atoms with Crippen LogP contribution < -0.4 is 21.1 Å². The maximum absolute atomic E-state index is 15.1. The molecule has 2 aliphatic rings. The molecule has 0 radical (unpaired) electrons. The number of aryl methyl sites for hydroxylation is 2. The van der Waals surface area contributed by atoms with Crippen LogP contribution in [0.2, 0.25) is 0 Å². The summed E-state index contributed by atoms with van der Waals surface area (Å²) in [5.41, 5.74) is 6.35. The summed E-state index contributed by atoms with van der Waals surface area (Å²) >= 11 is 0.